The first-order chi connectivity index (χ1) is 16.8. The molecular weight excluding hydrogens is 510 g/mol. The third kappa shape index (κ3) is 5.25. The molecule has 12 heteroatoms. The maximum atomic E-state index is 13.2. The quantitative estimate of drug-likeness (QED) is 0.541. The SMILES string of the molecule is COC(=O)NC(=O)c1c(NC(=O)C2CCN(S(=O)(=O)c3ccccc3SC)CC2)sc2c1CCC2. The number of hydrogen-bond donors (Lipinski definition) is 2. The van der Waals surface area contributed by atoms with Gasteiger partial charge in [-0.2, -0.15) is 4.31 Å². The van der Waals surface area contributed by atoms with Crippen molar-refractivity contribution in [2.75, 3.05) is 31.8 Å². The number of aryl methyl sites for hydroxylation is 1. The number of benzene rings is 1. The number of imide groups is 1. The summed E-state index contributed by atoms with van der Waals surface area (Å²) in [6.07, 6.45) is 4.18. The van der Waals surface area contributed by atoms with Gasteiger partial charge in [0.2, 0.25) is 15.9 Å². The number of carbonyl (C=O) groups is 3. The monoisotopic (exact) mass is 537 g/mol. The molecule has 0 unspecified atom stereocenters. The van der Waals surface area contributed by atoms with Crippen molar-refractivity contribution in [2.45, 2.75) is 41.9 Å². The minimum absolute atomic E-state index is 0.236. The summed E-state index contributed by atoms with van der Waals surface area (Å²) in [5.74, 6) is -1.23. The number of thioether (sulfide) groups is 1. The Kier molecular flexibility index (Phi) is 7.84. The van der Waals surface area contributed by atoms with Gasteiger partial charge in [-0.1, -0.05) is 12.1 Å². The summed E-state index contributed by atoms with van der Waals surface area (Å²) >= 11 is 2.74. The molecule has 2 N–H and O–H groups in total. The fraction of sp³-hybridized carbons (Fsp3) is 0.435. The molecule has 35 heavy (non-hydrogen) atoms. The number of anilines is 1. The number of nitrogens with zero attached hydrogens (tertiary/aromatic N) is 1. The van der Waals surface area contributed by atoms with E-state index in [0.717, 1.165) is 23.3 Å². The van der Waals surface area contributed by atoms with Gasteiger partial charge in [-0.05, 0) is 56.1 Å². The highest BCUT2D eigenvalue weighted by Crippen LogP contribution is 2.39. The predicted octanol–water partition coefficient (Wildman–Crippen LogP) is 3.49. The lowest BCUT2D eigenvalue weighted by Gasteiger charge is -2.31. The van der Waals surface area contributed by atoms with E-state index in [2.05, 4.69) is 15.4 Å². The average molecular weight is 538 g/mol. The van der Waals surface area contributed by atoms with E-state index in [4.69, 9.17) is 0 Å². The van der Waals surface area contributed by atoms with Gasteiger partial charge in [0, 0.05) is 28.8 Å². The molecule has 1 saturated heterocycles. The van der Waals surface area contributed by atoms with Crippen molar-refractivity contribution in [1.82, 2.24) is 9.62 Å². The Balaban J connectivity index is 1.45. The van der Waals surface area contributed by atoms with Crippen LogP contribution in [0.3, 0.4) is 0 Å². The Morgan fingerprint density at radius 2 is 1.86 bits per heavy atom. The van der Waals surface area contributed by atoms with Gasteiger partial charge in [0.15, 0.2) is 0 Å². The first-order valence-electron chi connectivity index (χ1n) is 11.2. The van der Waals surface area contributed by atoms with Gasteiger partial charge in [0.1, 0.15) is 5.00 Å². The summed E-state index contributed by atoms with van der Waals surface area (Å²) in [6, 6.07) is 6.90. The number of amides is 3. The first-order valence-corrected chi connectivity index (χ1v) is 14.7. The van der Waals surface area contributed by atoms with Gasteiger partial charge in [-0.25, -0.2) is 13.2 Å². The second-order valence-electron chi connectivity index (χ2n) is 8.33. The molecule has 1 aliphatic heterocycles. The van der Waals surface area contributed by atoms with Crippen LogP contribution in [0.5, 0.6) is 0 Å². The Hall–Kier alpha value is -2.41. The molecule has 1 fully saturated rings. The number of hydrogen-bond acceptors (Lipinski definition) is 8. The van der Waals surface area contributed by atoms with Gasteiger partial charge >= 0.3 is 6.09 Å². The fourth-order valence-corrected chi connectivity index (χ4v) is 8.36. The molecule has 1 aliphatic carbocycles. The van der Waals surface area contributed by atoms with Crippen LogP contribution in [0.1, 0.15) is 40.1 Å². The average Bonchev–Trinajstić information content (AvgIpc) is 3.44. The van der Waals surface area contributed by atoms with Crippen LogP contribution in [0.25, 0.3) is 0 Å². The summed E-state index contributed by atoms with van der Waals surface area (Å²) < 4.78 is 32.3. The largest absolute Gasteiger partial charge is 0.453 e. The molecule has 2 heterocycles. The molecule has 3 amide bonds. The first kappa shape index (κ1) is 25.7. The molecule has 2 aromatic rings. The van der Waals surface area contributed by atoms with Gasteiger partial charge < -0.3 is 10.1 Å². The van der Waals surface area contributed by atoms with E-state index in [0.29, 0.717) is 34.7 Å². The summed E-state index contributed by atoms with van der Waals surface area (Å²) in [5, 5.41) is 5.48. The van der Waals surface area contributed by atoms with Crippen LogP contribution in [0.2, 0.25) is 0 Å². The van der Waals surface area contributed by atoms with Gasteiger partial charge in [0.25, 0.3) is 5.91 Å². The van der Waals surface area contributed by atoms with Crippen molar-refractivity contribution in [3.8, 4) is 0 Å². The predicted molar refractivity (Wildman–Crippen MR) is 135 cm³/mol. The number of ether oxygens (including phenoxy) is 1. The van der Waals surface area contributed by atoms with Crippen LogP contribution >= 0.6 is 23.1 Å². The van der Waals surface area contributed by atoms with Crippen LogP contribution < -0.4 is 10.6 Å². The summed E-state index contributed by atoms with van der Waals surface area (Å²) in [6.45, 7) is 0.472. The standard InChI is InChI=1S/C23H27N3O6S3/c1-32-23(29)25-21(28)19-15-6-5-8-16(15)34-22(19)24-20(27)14-10-12-26(13-11-14)35(30,31)18-9-4-3-7-17(18)33-2/h3-4,7,9,14H,5-6,8,10-13H2,1-2H3,(H,24,27)(H,25,28,29). The number of alkyl carbamates (subject to hydrolysis) is 1. The zero-order valence-electron chi connectivity index (χ0n) is 19.5. The second kappa shape index (κ2) is 10.7. The lowest BCUT2D eigenvalue weighted by molar-refractivity contribution is -0.120. The minimum Gasteiger partial charge on any atom is -0.453 e. The number of sulfonamides is 1. The highest BCUT2D eigenvalue weighted by Gasteiger charge is 2.34. The molecule has 0 spiro atoms. The third-order valence-corrected chi connectivity index (χ3v) is 10.4. The van der Waals surface area contributed by atoms with E-state index in [9.17, 15) is 22.8 Å². The lowest BCUT2D eigenvalue weighted by atomic mass is 9.97. The molecule has 0 atom stereocenters. The van der Waals surface area contributed by atoms with E-state index >= 15 is 0 Å². The number of nitrogens with one attached hydrogen (secondary N) is 2. The van der Waals surface area contributed by atoms with Crippen LogP contribution in [-0.2, 0) is 32.4 Å². The zero-order valence-corrected chi connectivity index (χ0v) is 21.9. The fourth-order valence-electron chi connectivity index (χ4n) is 4.48. The molecular formula is C23H27N3O6S3. The molecule has 0 saturated carbocycles. The summed E-state index contributed by atoms with van der Waals surface area (Å²) in [7, 11) is -2.48. The number of rotatable bonds is 6. The molecule has 2 aliphatic rings. The molecule has 1 aromatic heterocycles. The third-order valence-electron chi connectivity index (χ3n) is 6.30. The maximum absolute atomic E-state index is 13.2. The molecule has 0 bridgehead atoms. The summed E-state index contributed by atoms with van der Waals surface area (Å²) in [5.41, 5.74) is 1.18. The van der Waals surface area contributed by atoms with Gasteiger partial charge in [-0.3, -0.25) is 14.9 Å². The molecule has 9 nitrogen and oxygen atoms in total. The van der Waals surface area contributed by atoms with Crippen molar-refractivity contribution in [3.63, 3.8) is 0 Å². The highest BCUT2D eigenvalue weighted by molar-refractivity contribution is 7.99. The van der Waals surface area contributed by atoms with Crippen LogP contribution in [0.4, 0.5) is 9.80 Å². The number of thiophene rings is 1. The van der Waals surface area contributed by atoms with Crippen molar-refractivity contribution in [3.05, 3.63) is 40.3 Å². The number of methoxy groups -OCH3 is 1. The normalized spacial score (nSPS) is 16.5. The van der Waals surface area contributed by atoms with Crippen molar-refractivity contribution in [2.24, 2.45) is 5.92 Å². The maximum Gasteiger partial charge on any atom is 0.413 e. The Labute approximate surface area is 212 Å². The van der Waals surface area contributed by atoms with Crippen molar-refractivity contribution < 1.29 is 27.5 Å². The zero-order chi connectivity index (χ0) is 25.2. The van der Waals surface area contributed by atoms with Crippen LogP contribution in [0.15, 0.2) is 34.1 Å². The van der Waals surface area contributed by atoms with E-state index in [1.54, 1.807) is 18.2 Å². The van der Waals surface area contributed by atoms with Gasteiger partial charge in [-0.15, -0.1) is 23.1 Å². The van der Waals surface area contributed by atoms with E-state index in [1.807, 2.05) is 12.3 Å². The van der Waals surface area contributed by atoms with Crippen molar-refractivity contribution in [1.29, 1.82) is 0 Å². The number of fused-ring (bicyclic) bond motifs is 1. The van der Waals surface area contributed by atoms with Crippen LogP contribution in [-0.4, -0.2) is 57.1 Å². The molecule has 1 aromatic carbocycles. The summed E-state index contributed by atoms with van der Waals surface area (Å²) in [4.78, 5) is 39.4. The molecule has 0 radical (unpaired) electrons. The smallest absolute Gasteiger partial charge is 0.413 e. The number of piperidine rings is 1. The topological polar surface area (TPSA) is 122 Å². The van der Waals surface area contributed by atoms with Gasteiger partial charge in [0.05, 0.1) is 17.6 Å². The Morgan fingerprint density at radius 3 is 2.54 bits per heavy atom. The van der Waals surface area contributed by atoms with Crippen molar-refractivity contribution >= 4 is 56.0 Å². The minimum atomic E-state index is -3.66. The number of carbonyl (C=O) groups excluding carboxylic acids is 3. The Morgan fingerprint density at radius 1 is 1.14 bits per heavy atom. The molecule has 4 rings (SSSR count). The van der Waals surface area contributed by atoms with Crippen LogP contribution in [0, 0.1) is 5.92 Å². The van der Waals surface area contributed by atoms with E-state index < -0.39 is 22.0 Å². The van der Waals surface area contributed by atoms with E-state index in [-0.39, 0.29) is 29.8 Å². The second-order valence-corrected chi connectivity index (χ2v) is 12.2. The van der Waals surface area contributed by atoms with E-state index in [1.165, 1.54) is 34.5 Å². The Bertz CT molecular complexity index is 1250. The highest BCUT2D eigenvalue weighted by atomic mass is 32.2. The molecule has 188 valence electrons. The lowest BCUT2D eigenvalue weighted by Crippen LogP contribution is -2.41.